The van der Waals surface area contributed by atoms with Crippen molar-refractivity contribution in [2.24, 2.45) is 0 Å². The molecule has 1 fully saturated rings. The number of morpholine rings is 1. The number of carbonyl (C=O) groups is 1. The Balaban J connectivity index is 2.52. The Morgan fingerprint density at radius 1 is 1.47 bits per heavy atom. The van der Waals surface area contributed by atoms with Gasteiger partial charge in [0.15, 0.2) is 0 Å². The van der Waals surface area contributed by atoms with E-state index in [0.717, 1.165) is 0 Å². The maximum Gasteiger partial charge on any atom is 0.302 e. The van der Waals surface area contributed by atoms with Crippen molar-refractivity contribution < 1.29 is 27.2 Å². The van der Waals surface area contributed by atoms with Crippen LogP contribution in [-0.2, 0) is 24.4 Å². The largest absolute Gasteiger partial charge is 0.748 e. The predicted octanol–water partition coefficient (Wildman–Crippen LogP) is -1.20. The Hall–Kier alpha value is -0.700. The van der Waals surface area contributed by atoms with E-state index in [9.17, 15) is 17.8 Å². The first kappa shape index (κ1) is 14.4. The summed E-state index contributed by atoms with van der Waals surface area (Å²) < 4.78 is 42.0. The van der Waals surface area contributed by atoms with E-state index in [4.69, 9.17) is 9.47 Å². The quantitative estimate of drug-likeness (QED) is 0.455. The van der Waals surface area contributed by atoms with Gasteiger partial charge in [0, 0.05) is 26.6 Å². The van der Waals surface area contributed by atoms with Crippen molar-refractivity contribution in [2.75, 3.05) is 38.6 Å². The molecule has 1 atom stereocenters. The average molecular weight is 266 g/mol. The second kappa shape index (κ2) is 6.29. The summed E-state index contributed by atoms with van der Waals surface area (Å²) in [5.74, 6) is -1.28. The zero-order valence-corrected chi connectivity index (χ0v) is 10.4. The standard InChI is InChI=1S/C9H17NO6S/c1-8(11)16-9(7-17(12,13)14)6-10-2-4-15-5-3-10/h9H,2-7H2,1H3,(H,12,13,14)/p-1. The number of carbonyl (C=O) groups excluding carboxylic acids is 1. The molecule has 0 aromatic rings. The van der Waals surface area contributed by atoms with Gasteiger partial charge in [-0.05, 0) is 0 Å². The van der Waals surface area contributed by atoms with E-state index < -0.39 is 27.9 Å². The van der Waals surface area contributed by atoms with Gasteiger partial charge < -0.3 is 14.0 Å². The fraction of sp³-hybridized carbons (Fsp3) is 0.889. The monoisotopic (exact) mass is 266 g/mol. The number of hydrogen-bond donors (Lipinski definition) is 0. The minimum Gasteiger partial charge on any atom is -0.748 e. The van der Waals surface area contributed by atoms with Gasteiger partial charge in [0.05, 0.1) is 29.1 Å². The minimum absolute atomic E-state index is 0.240. The second-order valence-corrected chi connectivity index (χ2v) is 5.32. The Kier molecular flexibility index (Phi) is 5.31. The van der Waals surface area contributed by atoms with Crippen LogP contribution in [0.25, 0.3) is 0 Å². The van der Waals surface area contributed by atoms with Gasteiger partial charge in [-0.2, -0.15) is 0 Å². The van der Waals surface area contributed by atoms with Crippen molar-refractivity contribution >= 4 is 16.1 Å². The lowest BCUT2D eigenvalue weighted by molar-refractivity contribution is -0.146. The molecule has 0 amide bonds. The molecule has 0 spiro atoms. The van der Waals surface area contributed by atoms with Gasteiger partial charge in [0.25, 0.3) is 0 Å². The highest BCUT2D eigenvalue weighted by Gasteiger charge is 2.21. The zero-order valence-electron chi connectivity index (χ0n) is 9.62. The Labute approximate surface area is 100 Å². The number of rotatable bonds is 5. The topological polar surface area (TPSA) is 96.0 Å². The highest BCUT2D eigenvalue weighted by molar-refractivity contribution is 7.85. The Morgan fingerprint density at radius 3 is 2.53 bits per heavy atom. The third-order valence-corrected chi connectivity index (χ3v) is 3.07. The van der Waals surface area contributed by atoms with Crippen molar-refractivity contribution in [3.63, 3.8) is 0 Å². The van der Waals surface area contributed by atoms with Crippen LogP contribution in [0.4, 0.5) is 0 Å². The van der Waals surface area contributed by atoms with E-state index in [2.05, 4.69) is 0 Å². The molecule has 0 radical (unpaired) electrons. The third-order valence-electron chi connectivity index (χ3n) is 2.29. The maximum absolute atomic E-state index is 10.8. The average Bonchev–Trinajstić information content (AvgIpc) is 2.15. The van der Waals surface area contributed by atoms with Crippen LogP contribution in [0.1, 0.15) is 6.92 Å². The Morgan fingerprint density at radius 2 is 2.06 bits per heavy atom. The third kappa shape index (κ3) is 6.57. The van der Waals surface area contributed by atoms with Crippen LogP contribution >= 0.6 is 0 Å². The molecule has 17 heavy (non-hydrogen) atoms. The highest BCUT2D eigenvalue weighted by atomic mass is 32.2. The van der Waals surface area contributed by atoms with Gasteiger partial charge in [0.1, 0.15) is 6.10 Å². The van der Waals surface area contributed by atoms with E-state index in [0.29, 0.717) is 26.3 Å². The number of ether oxygens (including phenoxy) is 2. The summed E-state index contributed by atoms with van der Waals surface area (Å²) in [6.07, 6.45) is -0.909. The normalized spacial score (nSPS) is 19.9. The van der Waals surface area contributed by atoms with Gasteiger partial charge in [-0.1, -0.05) is 0 Å². The van der Waals surface area contributed by atoms with Gasteiger partial charge in [-0.3, -0.25) is 9.69 Å². The highest BCUT2D eigenvalue weighted by Crippen LogP contribution is 2.04. The van der Waals surface area contributed by atoms with Crippen LogP contribution in [0, 0.1) is 0 Å². The number of nitrogens with zero attached hydrogens (tertiary/aromatic N) is 1. The van der Waals surface area contributed by atoms with Crippen molar-refractivity contribution in [3.8, 4) is 0 Å². The summed E-state index contributed by atoms with van der Waals surface area (Å²) in [5, 5.41) is 0. The van der Waals surface area contributed by atoms with E-state index in [1.165, 1.54) is 6.92 Å². The molecule has 1 heterocycles. The molecule has 1 unspecified atom stereocenters. The van der Waals surface area contributed by atoms with Crippen molar-refractivity contribution in [1.29, 1.82) is 0 Å². The molecule has 1 aliphatic heterocycles. The van der Waals surface area contributed by atoms with Crippen LogP contribution in [0.15, 0.2) is 0 Å². The molecular formula is C9H16NO6S-. The summed E-state index contributed by atoms with van der Waals surface area (Å²) in [7, 11) is -4.40. The van der Waals surface area contributed by atoms with E-state index in [-0.39, 0.29) is 6.54 Å². The summed E-state index contributed by atoms with van der Waals surface area (Å²) >= 11 is 0. The zero-order chi connectivity index (χ0) is 12.9. The molecule has 0 aromatic carbocycles. The first-order valence-corrected chi connectivity index (χ1v) is 6.85. The molecular weight excluding hydrogens is 250 g/mol. The van der Waals surface area contributed by atoms with Crippen LogP contribution in [-0.4, -0.2) is 68.5 Å². The lowest BCUT2D eigenvalue weighted by atomic mass is 10.3. The molecule has 0 bridgehead atoms. The molecule has 1 rings (SSSR count). The minimum atomic E-state index is -4.40. The Bertz CT molecular complexity index is 348. The smallest absolute Gasteiger partial charge is 0.302 e. The van der Waals surface area contributed by atoms with Crippen molar-refractivity contribution in [3.05, 3.63) is 0 Å². The lowest BCUT2D eigenvalue weighted by Gasteiger charge is -2.30. The molecule has 7 nitrogen and oxygen atoms in total. The van der Waals surface area contributed by atoms with Crippen LogP contribution in [0.5, 0.6) is 0 Å². The van der Waals surface area contributed by atoms with Gasteiger partial charge in [-0.25, -0.2) is 8.42 Å². The first-order valence-electron chi connectivity index (χ1n) is 5.28. The molecule has 0 aromatic heterocycles. The van der Waals surface area contributed by atoms with Crippen molar-refractivity contribution in [2.45, 2.75) is 13.0 Å². The number of hydrogen-bond acceptors (Lipinski definition) is 7. The number of esters is 1. The van der Waals surface area contributed by atoms with Crippen LogP contribution < -0.4 is 0 Å². The summed E-state index contributed by atoms with van der Waals surface area (Å²) in [5.41, 5.74) is 0. The molecule has 100 valence electrons. The lowest BCUT2D eigenvalue weighted by Crippen LogP contribution is -2.44. The van der Waals surface area contributed by atoms with Gasteiger partial charge in [0.2, 0.25) is 0 Å². The van der Waals surface area contributed by atoms with Crippen molar-refractivity contribution in [1.82, 2.24) is 4.90 Å². The molecule has 1 aliphatic rings. The fourth-order valence-electron chi connectivity index (χ4n) is 1.66. The van der Waals surface area contributed by atoms with Gasteiger partial charge in [-0.15, -0.1) is 0 Å². The predicted molar refractivity (Wildman–Crippen MR) is 57.4 cm³/mol. The first-order chi connectivity index (χ1) is 7.87. The second-order valence-electron chi connectivity index (χ2n) is 3.87. The van der Waals surface area contributed by atoms with E-state index in [1.54, 1.807) is 0 Å². The molecule has 0 aliphatic carbocycles. The van der Waals surface area contributed by atoms with Crippen LogP contribution in [0.2, 0.25) is 0 Å². The summed E-state index contributed by atoms with van der Waals surface area (Å²) in [6.45, 7) is 3.80. The van der Waals surface area contributed by atoms with E-state index >= 15 is 0 Å². The SMILES string of the molecule is CC(=O)OC(CN1CCOCC1)CS(=O)(=O)[O-]. The fourth-order valence-corrected chi connectivity index (χ4v) is 2.29. The van der Waals surface area contributed by atoms with Crippen LogP contribution in [0.3, 0.4) is 0 Å². The molecule has 0 saturated carbocycles. The molecule has 8 heteroatoms. The summed E-state index contributed by atoms with van der Waals surface area (Å²) in [6, 6.07) is 0. The summed E-state index contributed by atoms with van der Waals surface area (Å²) in [4.78, 5) is 12.7. The molecule has 1 saturated heterocycles. The van der Waals surface area contributed by atoms with Gasteiger partial charge >= 0.3 is 5.97 Å². The molecule has 0 N–H and O–H groups in total. The maximum atomic E-state index is 10.8. The van der Waals surface area contributed by atoms with E-state index in [1.807, 2.05) is 4.90 Å².